The number of anilines is 1. The summed E-state index contributed by atoms with van der Waals surface area (Å²) in [5.41, 5.74) is 0.675. The van der Waals surface area contributed by atoms with E-state index in [9.17, 15) is 9.59 Å². The summed E-state index contributed by atoms with van der Waals surface area (Å²) in [5.74, 6) is -0.746. The number of ether oxygens (including phenoxy) is 2. The molecule has 0 saturated heterocycles. The van der Waals surface area contributed by atoms with Crippen LogP contribution in [-0.4, -0.2) is 31.2 Å². The van der Waals surface area contributed by atoms with Gasteiger partial charge in [-0.15, -0.1) is 0 Å². The monoisotopic (exact) mass is 293 g/mol. The van der Waals surface area contributed by atoms with Gasteiger partial charge in [-0.3, -0.25) is 9.59 Å². The molecular formula is C16H23NO4. The number of amides is 1. The second-order valence-corrected chi connectivity index (χ2v) is 4.64. The highest BCUT2D eigenvalue weighted by Gasteiger charge is 2.23. The Labute approximate surface area is 125 Å². The van der Waals surface area contributed by atoms with Crippen LogP contribution in [0.4, 0.5) is 5.69 Å². The summed E-state index contributed by atoms with van der Waals surface area (Å²) in [4.78, 5) is 23.8. The largest absolute Gasteiger partial charge is 0.466 e. The van der Waals surface area contributed by atoms with Crippen molar-refractivity contribution in [2.24, 2.45) is 0 Å². The Kier molecular flexibility index (Phi) is 8.12. The molecule has 116 valence electrons. The van der Waals surface area contributed by atoms with Crippen LogP contribution in [0.25, 0.3) is 0 Å². The van der Waals surface area contributed by atoms with E-state index >= 15 is 0 Å². The number of rotatable bonds is 9. The van der Waals surface area contributed by atoms with Gasteiger partial charge in [0.2, 0.25) is 0 Å². The van der Waals surface area contributed by atoms with E-state index in [-0.39, 0.29) is 12.3 Å². The first-order valence-corrected chi connectivity index (χ1v) is 7.30. The maximum absolute atomic E-state index is 12.2. The van der Waals surface area contributed by atoms with Crippen molar-refractivity contribution < 1.29 is 19.1 Å². The lowest BCUT2D eigenvalue weighted by Crippen LogP contribution is -2.33. The van der Waals surface area contributed by atoms with Gasteiger partial charge in [0.05, 0.1) is 13.0 Å². The zero-order valence-electron chi connectivity index (χ0n) is 12.6. The van der Waals surface area contributed by atoms with Gasteiger partial charge in [-0.2, -0.15) is 0 Å². The molecule has 0 radical (unpaired) electrons. The molecule has 0 aliphatic carbocycles. The van der Waals surface area contributed by atoms with Gasteiger partial charge in [0, 0.05) is 12.3 Å². The van der Waals surface area contributed by atoms with Crippen LogP contribution in [0.1, 0.15) is 33.1 Å². The third kappa shape index (κ3) is 6.90. The van der Waals surface area contributed by atoms with Gasteiger partial charge in [-0.1, -0.05) is 32.0 Å². The smallest absolute Gasteiger partial charge is 0.308 e. The fourth-order valence-electron chi connectivity index (χ4n) is 1.66. The van der Waals surface area contributed by atoms with Crippen molar-refractivity contribution in [2.75, 3.05) is 18.5 Å². The molecule has 21 heavy (non-hydrogen) atoms. The lowest BCUT2D eigenvalue weighted by atomic mass is 10.2. The number of carbonyl (C=O) groups excluding carboxylic acids is 2. The van der Waals surface area contributed by atoms with Crippen LogP contribution in [0, 0.1) is 0 Å². The Morgan fingerprint density at radius 1 is 1.10 bits per heavy atom. The van der Waals surface area contributed by atoms with Crippen molar-refractivity contribution in [1.29, 1.82) is 0 Å². The van der Waals surface area contributed by atoms with E-state index in [1.54, 1.807) is 12.1 Å². The molecule has 0 heterocycles. The predicted molar refractivity (Wildman–Crippen MR) is 81.0 cm³/mol. The summed E-state index contributed by atoms with van der Waals surface area (Å²) in [6.07, 6.45) is 0.634. The van der Waals surface area contributed by atoms with Gasteiger partial charge in [-0.05, 0) is 25.0 Å². The summed E-state index contributed by atoms with van der Waals surface area (Å²) < 4.78 is 10.5. The van der Waals surface area contributed by atoms with Gasteiger partial charge in [0.25, 0.3) is 5.91 Å². The molecule has 1 aromatic carbocycles. The molecule has 0 spiro atoms. The second kappa shape index (κ2) is 9.94. The number of hydrogen-bond acceptors (Lipinski definition) is 4. The Morgan fingerprint density at radius 2 is 1.76 bits per heavy atom. The van der Waals surface area contributed by atoms with Crippen LogP contribution in [-0.2, 0) is 19.1 Å². The third-order valence-corrected chi connectivity index (χ3v) is 2.68. The summed E-state index contributed by atoms with van der Waals surface area (Å²) >= 11 is 0. The highest BCUT2D eigenvalue weighted by molar-refractivity contribution is 5.96. The Balaban J connectivity index is 2.58. The van der Waals surface area contributed by atoms with Crippen LogP contribution in [0.3, 0.4) is 0 Å². The minimum atomic E-state index is -0.825. The first-order chi connectivity index (χ1) is 10.2. The molecule has 0 aromatic heterocycles. The zero-order valence-corrected chi connectivity index (χ0v) is 12.6. The Hall–Kier alpha value is -1.88. The lowest BCUT2D eigenvalue weighted by Gasteiger charge is -2.16. The number of nitrogens with one attached hydrogen (secondary N) is 1. The summed E-state index contributed by atoms with van der Waals surface area (Å²) in [6.45, 7) is 4.65. The third-order valence-electron chi connectivity index (χ3n) is 2.68. The first-order valence-electron chi connectivity index (χ1n) is 7.30. The Bertz CT molecular complexity index is 433. The summed E-state index contributed by atoms with van der Waals surface area (Å²) in [5, 5.41) is 2.74. The average molecular weight is 293 g/mol. The number of carbonyl (C=O) groups is 2. The van der Waals surface area contributed by atoms with Crippen LogP contribution >= 0.6 is 0 Å². The van der Waals surface area contributed by atoms with Gasteiger partial charge >= 0.3 is 5.97 Å². The number of para-hydroxylation sites is 1. The maximum Gasteiger partial charge on any atom is 0.308 e. The molecule has 0 saturated carbocycles. The normalized spacial score (nSPS) is 11.7. The van der Waals surface area contributed by atoms with E-state index in [2.05, 4.69) is 5.32 Å². The van der Waals surface area contributed by atoms with Gasteiger partial charge in [-0.25, -0.2) is 0 Å². The fourth-order valence-corrected chi connectivity index (χ4v) is 1.66. The van der Waals surface area contributed by atoms with Crippen LogP contribution < -0.4 is 5.32 Å². The van der Waals surface area contributed by atoms with E-state index in [4.69, 9.17) is 9.47 Å². The molecule has 5 heteroatoms. The van der Waals surface area contributed by atoms with Gasteiger partial charge < -0.3 is 14.8 Å². The van der Waals surface area contributed by atoms with Crippen molar-refractivity contribution in [3.05, 3.63) is 30.3 Å². The van der Waals surface area contributed by atoms with Crippen molar-refractivity contribution >= 4 is 17.6 Å². The van der Waals surface area contributed by atoms with Crippen molar-refractivity contribution in [3.63, 3.8) is 0 Å². The summed E-state index contributed by atoms with van der Waals surface area (Å²) in [6, 6.07) is 9.08. The van der Waals surface area contributed by atoms with Crippen molar-refractivity contribution in [3.8, 4) is 0 Å². The molecule has 5 nitrogen and oxygen atoms in total. The topological polar surface area (TPSA) is 64.6 Å². The average Bonchev–Trinajstić information content (AvgIpc) is 2.50. The number of esters is 1. The highest BCUT2D eigenvalue weighted by atomic mass is 16.5. The van der Waals surface area contributed by atoms with E-state index < -0.39 is 12.1 Å². The van der Waals surface area contributed by atoms with E-state index in [1.807, 2.05) is 32.0 Å². The number of hydrogen-bond donors (Lipinski definition) is 1. The second-order valence-electron chi connectivity index (χ2n) is 4.64. The highest BCUT2D eigenvalue weighted by Crippen LogP contribution is 2.09. The summed E-state index contributed by atoms with van der Waals surface area (Å²) in [7, 11) is 0. The van der Waals surface area contributed by atoms with E-state index in [0.29, 0.717) is 18.9 Å². The van der Waals surface area contributed by atoms with E-state index in [0.717, 1.165) is 12.8 Å². The van der Waals surface area contributed by atoms with Crippen molar-refractivity contribution in [1.82, 2.24) is 0 Å². The molecule has 1 rings (SSSR count). The SMILES string of the molecule is CCCOC(=O)CC(OCCC)C(=O)Nc1ccccc1. The Morgan fingerprint density at radius 3 is 2.38 bits per heavy atom. The molecule has 0 aliphatic rings. The minimum absolute atomic E-state index is 0.0708. The fraction of sp³-hybridized carbons (Fsp3) is 0.500. The van der Waals surface area contributed by atoms with Crippen LogP contribution in [0.15, 0.2) is 30.3 Å². The molecule has 0 bridgehead atoms. The molecule has 0 fully saturated rings. The first kappa shape index (κ1) is 17.2. The predicted octanol–water partition coefficient (Wildman–Crippen LogP) is 2.76. The van der Waals surface area contributed by atoms with E-state index in [1.165, 1.54) is 0 Å². The molecule has 1 amide bonds. The zero-order chi connectivity index (χ0) is 15.5. The molecule has 1 aromatic rings. The molecule has 1 N–H and O–H groups in total. The standard InChI is InChI=1S/C16H23NO4/c1-3-10-20-14(12-15(18)21-11-4-2)16(19)17-13-8-6-5-7-9-13/h5-9,14H,3-4,10-12H2,1-2H3,(H,17,19). The maximum atomic E-state index is 12.2. The minimum Gasteiger partial charge on any atom is -0.466 e. The van der Waals surface area contributed by atoms with Crippen LogP contribution in [0.2, 0.25) is 0 Å². The molecule has 1 atom stereocenters. The molecule has 1 unspecified atom stereocenters. The van der Waals surface area contributed by atoms with Crippen LogP contribution in [0.5, 0.6) is 0 Å². The lowest BCUT2D eigenvalue weighted by molar-refractivity contribution is -0.150. The van der Waals surface area contributed by atoms with Crippen molar-refractivity contribution in [2.45, 2.75) is 39.2 Å². The molecular weight excluding hydrogens is 270 g/mol. The quantitative estimate of drug-likeness (QED) is 0.711. The molecule has 0 aliphatic heterocycles. The van der Waals surface area contributed by atoms with Gasteiger partial charge in [0.1, 0.15) is 6.10 Å². The number of benzene rings is 1. The van der Waals surface area contributed by atoms with Gasteiger partial charge in [0.15, 0.2) is 0 Å².